The van der Waals surface area contributed by atoms with E-state index in [2.05, 4.69) is 29.0 Å². The fraction of sp³-hybridized carbons (Fsp3) is 0.615. The molecule has 1 atom stereocenters. The van der Waals surface area contributed by atoms with Crippen LogP contribution in [-0.2, 0) is 0 Å². The van der Waals surface area contributed by atoms with Gasteiger partial charge in [0.05, 0.1) is 6.61 Å². The van der Waals surface area contributed by atoms with Crippen molar-refractivity contribution in [2.75, 3.05) is 31.1 Å². The number of nitrogens with zero attached hydrogens (tertiary/aromatic N) is 2. The van der Waals surface area contributed by atoms with Gasteiger partial charge in [-0.3, -0.25) is 0 Å². The summed E-state index contributed by atoms with van der Waals surface area (Å²) in [4.78, 5) is 7.01. The van der Waals surface area contributed by atoms with Crippen LogP contribution in [0.15, 0.2) is 6.20 Å². The Hall–Kier alpha value is -1.29. The van der Waals surface area contributed by atoms with Gasteiger partial charge in [0.15, 0.2) is 11.6 Å². The molecule has 0 aliphatic carbocycles. The summed E-state index contributed by atoms with van der Waals surface area (Å²) >= 11 is 0. The molecule has 1 aromatic heterocycles. The Kier molecular flexibility index (Phi) is 2.67. The fourth-order valence-electron chi connectivity index (χ4n) is 2.63. The minimum atomic E-state index is 0.527. The third kappa shape index (κ3) is 1.76. The molecule has 0 radical (unpaired) electrons. The molecule has 2 aliphatic heterocycles. The van der Waals surface area contributed by atoms with Crippen LogP contribution < -0.4 is 15.0 Å². The van der Waals surface area contributed by atoms with Gasteiger partial charge in [0.25, 0.3) is 0 Å². The van der Waals surface area contributed by atoms with Crippen LogP contribution in [0, 0.1) is 13.8 Å². The second kappa shape index (κ2) is 4.18. The lowest BCUT2D eigenvalue weighted by Crippen LogP contribution is -2.51. The molecule has 1 saturated heterocycles. The lowest BCUT2D eigenvalue weighted by atomic mass is 10.1. The molecule has 0 amide bonds. The highest BCUT2D eigenvalue weighted by molar-refractivity contribution is 5.59. The third-order valence-electron chi connectivity index (χ3n) is 3.84. The minimum absolute atomic E-state index is 0.527. The van der Waals surface area contributed by atoms with Crippen molar-refractivity contribution in [2.45, 2.75) is 26.3 Å². The number of pyridine rings is 1. The number of fused-ring (bicyclic) bond motifs is 3. The van der Waals surface area contributed by atoms with Crippen LogP contribution in [0.1, 0.15) is 17.5 Å². The topological polar surface area (TPSA) is 37.4 Å². The quantitative estimate of drug-likeness (QED) is 0.732. The molecule has 1 aromatic rings. The number of aromatic nitrogens is 1. The van der Waals surface area contributed by atoms with Gasteiger partial charge in [-0.15, -0.1) is 0 Å². The van der Waals surface area contributed by atoms with Gasteiger partial charge in [0, 0.05) is 38.3 Å². The first-order valence-corrected chi connectivity index (χ1v) is 6.33. The van der Waals surface area contributed by atoms with E-state index >= 15 is 0 Å². The highest BCUT2D eigenvalue weighted by Gasteiger charge is 2.29. The molecule has 4 heteroatoms. The average Bonchev–Trinajstić information content (AvgIpc) is 2.54. The predicted molar refractivity (Wildman–Crippen MR) is 67.8 cm³/mol. The predicted octanol–water partition coefficient (Wildman–Crippen LogP) is 1.26. The van der Waals surface area contributed by atoms with Crippen LogP contribution in [-0.4, -0.2) is 37.3 Å². The number of hydrogen-bond acceptors (Lipinski definition) is 4. The number of rotatable bonds is 0. The van der Waals surface area contributed by atoms with Gasteiger partial charge in [-0.05, 0) is 25.0 Å². The normalized spacial score (nSPS) is 23.4. The van der Waals surface area contributed by atoms with Crippen LogP contribution in [0.5, 0.6) is 5.75 Å². The molecule has 1 unspecified atom stereocenters. The van der Waals surface area contributed by atoms with Crippen molar-refractivity contribution in [3.63, 3.8) is 0 Å². The van der Waals surface area contributed by atoms with Crippen LogP contribution in [0.2, 0.25) is 0 Å². The maximum absolute atomic E-state index is 5.92. The molecule has 1 N–H and O–H groups in total. The summed E-state index contributed by atoms with van der Waals surface area (Å²) in [5, 5.41) is 3.44. The first-order chi connectivity index (χ1) is 8.27. The number of aryl methyl sites for hydroxylation is 1. The zero-order valence-electron chi connectivity index (χ0n) is 10.5. The molecule has 1 fully saturated rings. The van der Waals surface area contributed by atoms with E-state index in [1.54, 1.807) is 0 Å². The minimum Gasteiger partial charge on any atom is -0.489 e. The molecular weight excluding hydrogens is 214 g/mol. The third-order valence-corrected chi connectivity index (χ3v) is 3.84. The molecule has 92 valence electrons. The number of nitrogens with one attached hydrogen (secondary N) is 1. The Labute approximate surface area is 102 Å². The van der Waals surface area contributed by atoms with Crippen molar-refractivity contribution >= 4 is 5.82 Å². The van der Waals surface area contributed by atoms with Crippen molar-refractivity contribution < 1.29 is 4.74 Å². The van der Waals surface area contributed by atoms with Gasteiger partial charge in [0.2, 0.25) is 0 Å². The molecule has 4 nitrogen and oxygen atoms in total. The lowest BCUT2D eigenvalue weighted by molar-refractivity contribution is 0.302. The van der Waals surface area contributed by atoms with E-state index < -0.39 is 0 Å². The highest BCUT2D eigenvalue weighted by Crippen LogP contribution is 2.35. The van der Waals surface area contributed by atoms with Gasteiger partial charge >= 0.3 is 0 Å². The Morgan fingerprint density at radius 3 is 3.24 bits per heavy atom. The number of anilines is 1. The van der Waals surface area contributed by atoms with E-state index in [0.717, 1.165) is 44.2 Å². The lowest BCUT2D eigenvalue weighted by Gasteiger charge is -2.35. The Bertz CT molecular complexity index is 433. The second-order valence-electron chi connectivity index (χ2n) is 4.91. The van der Waals surface area contributed by atoms with Crippen molar-refractivity contribution in [2.24, 2.45) is 0 Å². The molecule has 3 rings (SSSR count). The van der Waals surface area contributed by atoms with Crippen molar-refractivity contribution in [3.05, 3.63) is 17.3 Å². The molecular formula is C13H19N3O. The first kappa shape index (κ1) is 10.8. The van der Waals surface area contributed by atoms with E-state index in [9.17, 15) is 0 Å². The summed E-state index contributed by atoms with van der Waals surface area (Å²) < 4.78 is 5.92. The summed E-state index contributed by atoms with van der Waals surface area (Å²) in [5.74, 6) is 2.03. The Balaban J connectivity index is 2.06. The van der Waals surface area contributed by atoms with Crippen molar-refractivity contribution in [1.82, 2.24) is 10.3 Å². The van der Waals surface area contributed by atoms with Crippen molar-refractivity contribution in [1.29, 1.82) is 0 Å². The SMILES string of the molecule is Cc1cnc2c(c1C)OCCC1CNCCN21. The van der Waals surface area contributed by atoms with Gasteiger partial charge in [0.1, 0.15) is 0 Å². The summed E-state index contributed by atoms with van der Waals surface area (Å²) in [6, 6.07) is 0.527. The number of piperazine rings is 1. The van der Waals surface area contributed by atoms with Crippen LogP contribution in [0.4, 0.5) is 5.82 Å². The first-order valence-electron chi connectivity index (χ1n) is 6.33. The zero-order valence-corrected chi connectivity index (χ0v) is 10.5. The Morgan fingerprint density at radius 1 is 1.47 bits per heavy atom. The van der Waals surface area contributed by atoms with E-state index in [1.165, 1.54) is 11.1 Å². The van der Waals surface area contributed by atoms with Gasteiger partial charge in [-0.2, -0.15) is 0 Å². The summed E-state index contributed by atoms with van der Waals surface area (Å²) in [7, 11) is 0. The van der Waals surface area contributed by atoms with E-state index in [-0.39, 0.29) is 0 Å². The summed E-state index contributed by atoms with van der Waals surface area (Å²) in [6.07, 6.45) is 3.03. The molecule has 2 aliphatic rings. The van der Waals surface area contributed by atoms with Gasteiger partial charge < -0.3 is 15.0 Å². The fourth-order valence-corrected chi connectivity index (χ4v) is 2.63. The van der Waals surface area contributed by atoms with Crippen LogP contribution in [0.3, 0.4) is 0 Å². The smallest absolute Gasteiger partial charge is 0.172 e. The van der Waals surface area contributed by atoms with E-state index in [4.69, 9.17) is 4.74 Å². The molecule has 17 heavy (non-hydrogen) atoms. The molecule has 0 aromatic carbocycles. The van der Waals surface area contributed by atoms with Crippen molar-refractivity contribution in [3.8, 4) is 5.75 Å². The maximum Gasteiger partial charge on any atom is 0.172 e. The second-order valence-corrected chi connectivity index (χ2v) is 4.91. The van der Waals surface area contributed by atoms with Gasteiger partial charge in [-0.25, -0.2) is 4.98 Å². The molecule has 0 bridgehead atoms. The standard InChI is InChI=1S/C13H19N3O/c1-9-7-15-13-12(10(9)2)17-6-3-11-8-14-4-5-16(11)13/h7,11,14H,3-6,8H2,1-2H3. The number of ether oxygens (including phenoxy) is 1. The Morgan fingerprint density at radius 2 is 2.35 bits per heavy atom. The molecule has 3 heterocycles. The monoisotopic (exact) mass is 233 g/mol. The van der Waals surface area contributed by atoms with Crippen LogP contribution >= 0.6 is 0 Å². The largest absolute Gasteiger partial charge is 0.489 e. The zero-order chi connectivity index (χ0) is 11.8. The maximum atomic E-state index is 5.92. The molecule has 0 saturated carbocycles. The van der Waals surface area contributed by atoms with Crippen LogP contribution in [0.25, 0.3) is 0 Å². The number of hydrogen-bond donors (Lipinski definition) is 1. The summed E-state index contributed by atoms with van der Waals surface area (Å²) in [6.45, 7) is 8.10. The average molecular weight is 233 g/mol. The molecule has 0 spiro atoms. The van der Waals surface area contributed by atoms with E-state index in [1.807, 2.05) is 6.20 Å². The van der Waals surface area contributed by atoms with Gasteiger partial charge in [-0.1, -0.05) is 0 Å². The highest BCUT2D eigenvalue weighted by atomic mass is 16.5. The summed E-state index contributed by atoms with van der Waals surface area (Å²) in [5.41, 5.74) is 2.44. The van der Waals surface area contributed by atoms with E-state index in [0.29, 0.717) is 6.04 Å².